The fraction of sp³-hybridized carbons (Fsp3) is 0.562. The molecule has 0 radical (unpaired) electrons. The van der Waals surface area contributed by atoms with E-state index in [-0.39, 0.29) is 5.78 Å². The zero-order valence-corrected chi connectivity index (χ0v) is 14.5. The number of nitrogens with zero attached hydrogens (tertiary/aromatic N) is 2. The molecule has 0 amide bonds. The fourth-order valence-corrected chi connectivity index (χ4v) is 3.36. The second kappa shape index (κ2) is 7.38. The number of ketones is 1. The zero-order valence-electron chi connectivity index (χ0n) is 12.9. The van der Waals surface area contributed by atoms with Crippen LogP contribution < -0.4 is 4.74 Å². The van der Waals surface area contributed by atoms with E-state index in [2.05, 4.69) is 39.6 Å². The first-order chi connectivity index (χ1) is 10.0. The summed E-state index contributed by atoms with van der Waals surface area (Å²) in [6, 6.07) is 6.01. The summed E-state index contributed by atoms with van der Waals surface area (Å²) in [5.41, 5.74) is 0.730. The molecule has 1 aromatic carbocycles. The number of hydrogen-bond acceptors (Lipinski definition) is 4. The lowest BCUT2D eigenvalue weighted by Gasteiger charge is -2.39. The van der Waals surface area contributed by atoms with Crippen LogP contribution in [0.3, 0.4) is 0 Å². The molecule has 0 spiro atoms. The molecule has 116 valence electrons. The molecule has 21 heavy (non-hydrogen) atoms. The Morgan fingerprint density at radius 3 is 2.76 bits per heavy atom. The lowest BCUT2D eigenvalue weighted by Crippen LogP contribution is -2.52. The summed E-state index contributed by atoms with van der Waals surface area (Å²) in [4.78, 5) is 17.1. The molecule has 1 aromatic rings. The molecule has 1 fully saturated rings. The maximum absolute atomic E-state index is 12.4. The summed E-state index contributed by atoms with van der Waals surface area (Å²) >= 11 is 3.43. The number of benzene rings is 1. The summed E-state index contributed by atoms with van der Waals surface area (Å²) in [5.74, 6) is 0.909. The highest BCUT2D eigenvalue weighted by Gasteiger charge is 2.24. The Labute approximate surface area is 135 Å². The van der Waals surface area contributed by atoms with Gasteiger partial charge in [-0.1, -0.05) is 6.92 Å². The number of carbonyl (C=O) groups is 1. The Morgan fingerprint density at radius 1 is 1.43 bits per heavy atom. The molecule has 0 saturated carbocycles. The van der Waals surface area contributed by atoms with Gasteiger partial charge in [-0.3, -0.25) is 14.6 Å². The van der Waals surface area contributed by atoms with Crippen LogP contribution >= 0.6 is 15.9 Å². The quantitative estimate of drug-likeness (QED) is 0.761. The van der Waals surface area contributed by atoms with E-state index in [0.717, 1.165) is 42.0 Å². The Hall–Kier alpha value is -0.910. The van der Waals surface area contributed by atoms with Crippen LogP contribution in [0.5, 0.6) is 5.75 Å². The molecule has 1 saturated heterocycles. The van der Waals surface area contributed by atoms with Gasteiger partial charge in [0.15, 0.2) is 5.78 Å². The summed E-state index contributed by atoms with van der Waals surface area (Å²) in [5, 5.41) is 0. The van der Waals surface area contributed by atoms with Crippen molar-refractivity contribution in [1.82, 2.24) is 9.80 Å². The van der Waals surface area contributed by atoms with Crippen molar-refractivity contribution in [3.63, 3.8) is 0 Å². The number of halogens is 1. The predicted molar refractivity (Wildman–Crippen MR) is 88.2 cm³/mol. The van der Waals surface area contributed by atoms with Crippen molar-refractivity contribution in [2.75, 3.05) is 39.8 Å². The molecule has 4 nitrogen and oxygen atoms in total. The number of methoxy groups -OCH3 is 1. The minimum atomic E-state index is 0.163. The van der Waals surface area contributed by atoms with Crippen LogP contribution in [-0.4, -0.2) is 61.5 Å². The third-order valence-corrected chi connectivity index (χ3v) is 4.72. The van der Waals surface area contributed by atoms with Crippen molar-refractivity contribution < 1.29 is 9.53 Å². The van der Waals surface area contributed by atoms with Crippen molar-refractivity contribution in [2.45, 2.75) is 19.9 Å². The average molecular weight is 355 g/mol. The highest BCUT2D eigenvalue weighted by Crippen LogP contribution is 2.25. The maximum Gasteiger partial charge on any atom is 0.176 e. The largest absolute Gasteiger partial charge is 0.496 e. The Balaban J connectivity index is 1.97. The zero-order chi connectivity index (χ0) is 15.4. The van der Waals surface area contributed by atoms with Crippen LogP contribution in [0.4, 0.5) is 0 Å². The Kier molecular flexibility index (Phi) is 5.79. The molecule has 2 rings (SSSR count). The standard InChI is InChI=1S/C16H23BrN2O2/c1-4-19-8-7-18(10-12(19)2)11-15(20)13-5-6-16(21-3)14(17)9-13/h5-6,9,12H,4,7-8,10-11H2,1-3H3. The highest BCUT2D eigenvalue weighted by molar-refractivity contribution is 9.10. The van der Waals surface area contributed by atoms with E-state index in [1.165, 1.54) is 0 Å². The van der Waals surface area contributed by atoms with E-state index >= 15 is 0 Å². The van der Waals surface area contributed by atoms with Crippen LogP contribution in [0.15, 0.2) is 22.7 Å². The Bertz CT molecular complexity index is 507. The topological polar surface area (TPSA) is 32.8 Å². The first-order valence-electron chi connectivity index (χ1n) is 7.38. The van der Waals surface area contributed by atoms with Crippen molar-refractivity contribution >= 4 is 21.7 Å². The van der Waals surface area contributed by atoms with Crippen molar-refractivity contribution in [3.8, 4) is 5.75 Å². The van der Waals surface area contributed by atoms with Gasteiger partial charge in [-0.2, -0.15) is 0 Å². The smallest absolute Gasteiger partial charge is 0.176 e. The fourth-order valence-electron chi connectivity index (χ4n) is 2.82. The molecule has 1 aliphatic rings. The van der Waals surface area contributed by atoms with Crippen molar-refractivity contribution in [1.29, 1.82) is 0 Å². The van der Waals surface area contributed by atoms with E-state index in [1.54, 1.807) is 7.11 Å². The van der Waals surface area contributed by atoms with E-state index in [4.69, 9.17) is 4.74 Å². The third-order valence-electron chi connectivity index (χ3n) is 4.10. The first kappa shape index (κ1) is 16.5. The van der Waals surface area contributed by atoms with Gasteiger partial charge in [-0.15, -0.1) is 0 Å². The predicted octanol–water partition coefficient (Wildman–Crippen LogP) is 2.67. The van der Waals surface area contributed by atoms with Crippen LogP contribution in [-0.2, 0) is 0 Å². The van der Waals surface area contributed by atoms with Crippen molar-refractivity contribution in [2.24, 2.45) is 0 Å². The molecule has 0 N–H and O–H groups in total. The molecular formula is C16H23BrN2O2. The number of likely N-dealkylation sites (N-methyl/N-ethyl adjacent to an activating group) is 1. The van der Waals surface area contributed by atoms with Gasteiger partial charge in [-0.25, -0.2) is 0 Å². The van der Waals surface area contributed by atoms with Crippen LogP contribution in [0.2, 0.25) is 0 Å². The summed E-state index contributed by atoms with van der Waals surface area (Å²) in [7, 11) is 1.62. The normalized spacial score (nSPS) is 20.5. The van der Waals surface area contributed by atoms with Gasteiger partial charge >= 0.3 is 0 Å². The molecule has 1 aliphatic heterocycles. The number of ether oxygens (including phenoxy) is 1. The van der Waals surface area contributed by atoms with Gasteiger partial charge in [0.25, 0.3) is 0 Å². The lowest BCUT2D eigenvalue weighted by molar-refractivity contribution is 0.0723. The summed E-state index contributed by atoms with van der Waals surface area (Å²) in [6.07, 6.45) is 0. The van der Waals surface area contributed by atoms with E-state index in [9.17, 15) is 4.79 Å². The van der Waals surface area contributed by atoms with E-state index < -0.39 is 0 Å². The molecule has 5 heteroatoms. The number of hydrogen-bond donors (Lipinski definition) is 0. The maximum atomic E-state index is 12.4. The minimum absolute atomic E-state index is 0.163. The van der Waals surface area contributed by atoms with Gasteiger partial charge < -0.3 is 4.74 Å². The first-order valence-corrected chi connectivity index (χ1v) is 8.17. The van der Waals surface area contributed by atoms with Crippen molar-refractivity contribution in [3.05, 3.63) is 28.2 Å². The summed E-state index contributed by atoms with van der Waals surface area (Å²) < 4.78 is 6.01. The van der Waals surface area contributed by atoms with Crippen LogP contribution in [0.1, 0.15) is 24.2 Å². The number of rotatable bonds is 5. The molecule has 1 unspecified atom stereocenters. The monoisotopic (exact) mass is 354 g/mol. The van der Waals surface area contributed by atoms with E-state index in [1.807, 2.05) is 18.2 Å². The molecule has 1 atom stereocenters. The second-order valence-corrected chi connectivity index (χ2v) is 6.34. The molecule has 0 aromatic heterocycles. The number of Topliss-reactive ketones (excluding diaryl/α,β-unsaturated/α-hetero) is 1. The molecular weight excluding hydrogens is 332 g/mol. The second-order valence-electron chi connectivity index (χ2n) is 5.49. The molecule has 0 aliphatic carbocycles. The third kappa shape index (κ3) is 4.05. The van der Waals surface area contributed by atoms with Gasteiger partial charge in [0, 0.05) is 31.2 Å². The van der Waals surface area contributed by atoms with Crippen LogP contribution in [0.25, 0.3) is 0 Å². The highest BCUT2D eigenvalue weighted by atomic mass is 79.9. The van der Waals surface area contributed by atoms with Gasteiger partial charge in [0.2, 0.25) is 0 Å². The van der Waals surface area contributed by atoms with Crippen LogP contribution in [0, 0.1) is 0 Å². The van der Waals surface area contributed by atoms with Gasteiger partial charge in [0.05, 0.1) is 18.1 Å². The number of piperazine rings is 1. The summed E-state index contributed by atoms with van der Waals surface area (Å²) in [6.45, 7) is 8.93. The molecule has 1 heterocycles. The Morgan fingerprint density at radius 2 is 2.19 bits per heavy atom. The molecule has 0 bridgehead atoms. The van der Waals surface area contributed by atoms with E-state index in [0.29, 0.717) is 12.6 Å². The number of carbonyl (C=O) groups excluding carboxylic acids is 1. The SMILES string of the molecule is CCN1CCN(CC(=O)c2ccc(OC)c(Br)c2)CC1C. The van der Waals surface area contributed by atoms with Gasteiger partial charge in [0.1, 0.15) is 5.75 Å². The average Bonchev–Trinajstić information content (AvgIpc) is 2.47. The van der Waals surface area contributed by atoms with Gasteiger partial charge in [-0.05, 0) is 47.6 Å². The minimum Gasteiger partial charge on any atom is -0.496 e. The lowest BCUT2D eigenvalue weighted by atomic mass is 10.1.